The SMILES string of the molecule is CNc1cc(CBr)cc(CBr)c1. The van der Waals surface area contributed by atoms with Gasteiger partial charge in [-0.15, -0.1) is 0 Å². The summed E-state index contributed by atoms with van der Waals surface area (Å²) in [5, 5.41) is 4.95. The number of hydrogen-bond donors (Lipinski definition) is 1. The quantitative estimate of drug-likeness (QED) is 0.841. The highest BCUT2D eigenvalue weighted by atomic mass is 79.9. The molecule has 0 aliphatic carbocycles. The summed E-state index contributed by atoms with van der Waals surface area (Å²) in [5.41, 5.74) is 3.77. The Hall–Kier alpha value is -0.0200. The Balaban J connectivity index is 3.01. The van der Waals surface area contributed by atoms with Crippen LogP contribution in [0.5, 0.6) is 0 Å². The summed E-state index contributed by atoms with van der Waals surface area (Å²) in [5.74, 6) is 0. The van der Waals surface area contributed by atoms with E-state index in [1.165, 1.54) is 16.8 Å². The maximum atomic E-state index is 3.44. The topological polar surface area (TPSA) is 12.0 Å². The molecule has 0 fully saturated rings. The van der Waals surface area contributed by atoms with Gasteiger partial charge in [0.25, 0.3) is 0 Å². The van der Waals surface area contributed by atoms with Crippen LogP contribution in [0.3, 0.4) is 0 Å². The first-order valence-corrected chi connectivity index (χ1v) is 5.97. The molecule has 0 spiro atoms. The number of hydrogen-bond acceptors (Lipinski definition) is 1. The Morgan fingerprint density at radius 1 is 1.08 bits per heavy atom. The maximum Gasteiger partial charge on any atom is 0.0343 e. The third-order valence-corrected chi connectivity index (χ3v) is 2.94. The van der Waals surface area contributed by atoms with Gasteiger partial charge in [-0.2, -0.15) is 0 Å². The van der Waals surface area contributed by atoms with E-state index in [1.807, 2.05) is 7.05 Å². The monoisotopic (exact) mass is 291 g/mol. The third-order valence-electron chi connectivity index (χ3n) is 1.65. The number of benzene rings is 1. The van der Waals surface area contributed by atoms with Gasteiger partial charge < -0.3 is 5.32 Å². The van der Waals surface area contributed by atoms with Gasteiger partial charge in [-0.05, 0) is 23.3 Å². The van der Waals surface area contributed by atoms with Crippen molar-refractivity contribution in [1.29, 1.82) is 0 Å². The summed E-state index contributed by atoms with van der Waals surface area (Å²) >= 11 is 6.88. The number of nitrogens with one attached hydrogen (secondary N) is 1. The van der Waals surface area contributed by atoms with Gasteiger partial charge >= 0.3 is 0 Å². The van der Waals surface area contributed by atoms with Crippen molar-refractivity contribution in [1.82, 2.24) is 0 Å². The largest absolute Gasteiger partial charge is 0.388 e. The predicted octanol–water partition coefficient (Wildman–Crippen LogP) is 3.52. The summed E-state index contributed by atoms with van der Waals surface area (Å²) in [6, 6.07) is 6.46. The number of alkyl halides is 2. The van der Waals surface area contributed by atoms with Crippen molar-refractivity contribution < 1.29 is 0 Å². The molecular weight excluding hydrogens is 282 g/mol. The van der Waals surface area contributed by atoms with Gasteiger partial charge in [0, 0.05) is 23.4 Å². The van der Waals surface area contributed by atoms with E-state index in [2.05, 4.69) is 55.4 Å². The van der Waals surface area contributed by atoms with Crippen molar-refractivity contribution in [3.8, 4) is 0 Å². The van der Waals surface area contributed by atoms with Gasteiger partial charge in [0.1, 0.15) is 0 Å². The molecular formula is C9H11Br2N. The Morgan fingerprint density at radius 2 is 1.58 bits per heavy atom. The molecule has 0 saturated heterocycles. The molecule has 0 saturated carbocycles. The van der Waals surface area contributed by atoms with Crippen LogP contribution >= 0.6 is 31.9 Å². The molecule has 1 aromatic rings. The van der Waals surface area contributed by atoms with Crippen molar-refractivity contribution in [3.63, 3.8) is 0 Å². The molecule has 0 atom stereocenters. The molecule has 3 heteroatoms. The molecule has 1 nitrogen and oxygen atoms in total. The van der Waals surface area contributed by atoms with Gasteiger partial charge in [-0.3, -0.25) is 0 Å². The fraction of sp³-hybridized carbons (Fsp3) is 0.333. The fourth-order valence-corrected chi connectivity index (χ4v) is 1.71. The summed E-state index contributed by atoms with van der Waals surface area (Å²) in [4.78, 5) is 0. The minimum atomic E-state index is 0.905. The van der Waals surface area contributed by atoms with E-state index in [0.29, 0.717) is 0 Å². The van der Waals surface area contributed by atoms with Gasteiger partial charge in [-0.1, -0.05) is 37.9 Å². The smallest absolute Gasteiger partial charge is 0.0343 e. The van der Waals surface area contributed by atoms with Crippen molar-refractivity contribution >= 4 is 37.5 Å². The van der Waals surface area contributed by atoms with Crippen LogP contribution in [-0.4, -0.2) is 7.05 Å². The Morgan fingerprint density at radius 3 is 1.92 bits per heavy atom. The van der Waals surface area contributed by atoms with Gasteiger partial charge in [-0.25, -0.2) is 0 Å². The minimum Gasteiger partial charge on any atom is -0.388 e. The van der Waals surface area contributed by atoms with Crippen LogP contribution in [-0.2, 0) is 10.7 Å². The first-order valence-electron chi connectivity index (χ1n) is 3.72. The summed E-state index contributed by atoms with van der Waals surface area (Å²) in [6.45, 7) is 0. The van der Waals surface area contributed by atoms with Gasteiger partial charge in [0.15, 0.2) is 0 Å². The normalized spacial score (nSPS) is 9.92. The summed E-state index contributed by atoms with van der Waals surface area (Å²) in [6.07, 6.45) is 0. The van der Waals surface area contributed by atoms with Crippen molar-refractivity contribution in [2.75, 3.05) is 12.4 Å². The average Bonchev–Trinajstić information content (AvgIpc) is 2.16. The molecule has 0 heterocycles. The van der Waals surface area contributed by atoms with Crippen molar-refractivity contribution in [3.05, 3.63) is 29.3 Å². The maximum absolute atomic E-state index is 3.44. The van der Waals surface area contributed by atoms with E-state index < -0.39 is 0 Å². The first-order chi connectivity index (χ1) is 5.80. The number of halogens is 2. The van der Waals surface area contributed by atoms with Crippen molar-refractivity contribution in [2.45, 2.75) is 10.7 Å². The number of anilines is 1. The lowest BCUT2D eigenvalue weighted by atomic mass is 10.1. The summed E-state index contributed by atoms with van der Waals surface area (Å²) < 4.78 is 0. The molecule has 0 bridgehead atoms. The lowest BCUT2D eigenvalue weighted by molar-refractivity contribution is 1.33. The zero-order valence-electron chi connectivity index (χ0n) is 6.90. The molecule has 0 aromatic heterocycles. The fourth-order valence-electron chi connectivity index (χ4n) is 1.06. The first kappa shape index (κ1) is 10.1. The van der Waals surface area contributed by atoms with E-state index in [4.69, 9.17) is 0 Å². The molecule has 66 valence electrons. The van der Waals surface area contributed by atoms with Crippen LogP contribution in [0.4, 0.5) is 5.69 Å². The molecule has 1 aromatic carbocycles. The van der Waals surface area contributed by atoms with E-state index in [-0.39, 0.29) is 0 Å². The third kappa shape index (κ3) is 2.49. The van der Waals surface area contributed by atoms with E-state index in [9.17, 15) is 0 Å². The van der Waals surface area contributed by atoms with Crippen LogP contribution in [0.2, 0.25) is 0 Å². The molecule has 0 amide bonds. The van der Waals surface area contributed by atoms with Gasteiger partial charge in [0.05, 0.1) is 0 Å². The Labute approximate surface area is 89.8 Å². The molecule has 12 heavy (non-hydrogen) atoms. The highest BCUT2D eigenvalue weighted by molar-refractivity contribution is 9.08. The van der Waals surface area contributed by atoms with Crippen LogP contribution in [0, 0.1) is 0 Å². The van der Waals surface area contributed by atoms with E-state index in [1.54, 1.807) is 0 Å². The molecule has 0 unspecified atom stereocenters. The predicted molar refractivity (Wildman–Crippen MR) is 61.3 cm³/mol. The molecule has 1 N–H and O–H groups in total. The second kappa shape index (κ2) is 4.87. The Kier molecular flexibility index (Phi) is 4.09. The lowest BCUT2D eigenvalue weighted by Crippen LogP contribution is -1.91. The molecule has 0 aliphatic rings. The molecule has 1 rings (SSSR count). The highest BCUT2D eigenvalue weighted by Gasteiger charge is 1.97. The van der Waals surface area contributed by atoms with Crippen molar-refractivity contribution in [2.24, 2.45) is 0 Å². The standard InChI is InChI=1S/C9H11Br2N/c1-12-9-3-7(5-10)2-8(4-9)6-11/h2-4,12H,5-6H2,1H3. The second-order valence-corrected chi connectivity index (χ2v) is 3.68. The van der Waals surface area contributed by atoms with E-state index in [0.717, 1.165) is 10.7 Å². The zero-order valence-corrected chi connectivity index (χ0v) is 10.1. The second-order valence-electron chi connectivity index (χ2n) is 2.56. The minimum absolute atomic E-state index is 0.905. The average molecular weight is 293 g/mol. The van der Waals surface area contributed by atoms with Crippen LogP contribution in [0.1, 0.15) is 11.1 Å². The number of rotatable bonds is 3. The zero-order chi connectivity index (χ0) is 8.97. The van der Waals surface area contributed by atoms with Crippen LogP contribution in [0.15, 0.2) is 18.2 Å². The molecule has 0 aliphatic heterocycles. The van der Waals surface area contributed by atoms with Crippen LogP contribution < -0.4 is 5.32 Å². The van der Waals surface area contributed by atoms with E-state index >= 15 is 0 Å². The summed E-state index contributed by atoms with van der Waals surface area (Å²) in [7, 11) is 1.94. The molecule has 0 radical (unpaired) electrons. The van der Waals surface area contributed by atoms with Crippen LogP contribution in [0.25, 0.3) is 0 Å². The lowest BCUT2D eigenvalue weighted by Gasteiger charge is -2.05. The Bertz CT molecular complexity index is 205. The van der Waals surface area contributed by atoms with Gasteiger partial charge in [0.2, 0.25) is 0 Å². The highest BCUT2D eigenvalue weighted by Crippen LogP contribution is 2.18.